The van der Waals surface area contributed by atoms with Crippen LogP contribution in [0.2, 0.25) is 0 Å². The van der Waals surface area contributed by atoms with Crippen molar-refractivity contribution in [3.63, 3.8) is 0 Å². The van der Waals surface area contributed by atoms with Crippen molar-refractivity contribution in [2.24, 2.45) is 11.8 Å². The second-order valence-electron chi connectivity index (χ2n) is 6.17. The summed E-state index contributed by atoms with van der Waals surface area (Å²) in [7, 11) is 0. The third-order valence-electron chi connectivity index (χ3n) is 4.87. The highest BCUT2D eigenvalue weighted by Crippen LogP contribution is 2.32. The maximum absolute atomic E-state index is 10.2. The molecular weight excluding hydrogens is 212 g/mol. The number of hydrogen-bond donors (Lipinski definition) is 2. The first-order chi connectivity index (χ1) is 8.27. The highest BCUT2D eigenvalue weighted by atomic mass is 16.3. The molecule has 0 amide bonds. The zero-order valence-corrected chi connectivity index (χ0v) is 11.0. The van der Waals surface area contributed by atoms with Crippen molar-refractivity contribution in [2.75, 3.05) is 0 Å². The summed E-state index contributed by atoms with van der Waals surface area (Å²) in [4.78, 5) is 0. The molecule has 2 atom stereocenters. The van der Waals surface area contributed by atoms with E-state index in [1.807, 2.05) is 0 Å². The van der Waals surface area contributed by atoms with Gasteiger partial charge >= 0.3 is 0 Å². The molecule has 2 rings (SSSR count). The molecule has 0 aromatic heterocycles. The Morgan fingerprint density at radius 1 is 0.647 bits per heavy atom. The minimum absolute atomic E-state index is 0.257. The molecule has 2 heteroatoms. The smallest absolute Gasteiger partial charge is 0.0593 e. The van der Waals surface area contributed by atoms with Crippen molar-refractivity contribution in [1.82, 2.24) is 0 Å². The fourth-order valence-electron chi connectivity index (χ4n) is 3.67. The van der Waals surface area contributed by atoms with Gasteiger partial charge in [0.2, 0.25) is 0 Å². The fourth-order valence-corrected chi connectivity index (χ4v) is 3.67. The molecule has 0 aromatic rings. The number of aliphatic hydroxyl groups excluding tert-OH is 2. The van der Waals surface area contributed by atoms with Crippen LogP contribution in [0.3, 0.4) is 0 Å². The monoisotopic (exact) mass is 240 g/mol. The van der Waals surface area contributed by atoms with Crippen LogP contribution in [-0.2, 0) is 0 Å². The average molecular weight is 240 g/mol. The lowest BCUT2D eigenvalue weighted by Crippen LogP contribution is -2.32. The Balaban J connectivity index is 1.74. The van der Waals surface area contributed by atoms with E-state index in [0.29, 0.717) is 18.3 Å². The van der Waals surface area contributed by atoms with E-state index >= 15 is 0 Å². The first kappa shape index (κ1) is 13.4. The maximum Gasteiger partial charge on any atom is 0.0593 e. The first-order valence-corrected chi connectivity index (χ1v) is 7.63. The van der Waals surface area contributed by atoms with Gasteiger partial charge in [-0.2, -0.15) is 0 Å². The molecule has 0 radical (unpaired) electrons. The van der Waals surface area contributed by atoms with Crippen LogP contribution in [-0.4, -0.2) is 22.4 Å². The largest absolute Gasteiger partial charge is 0.393 e. The predicted molar refractivity (Wildman–Crippen MR) is 69.8 cm³/mol. The normalized spacial score (nSPS) is 27.9. The average Bonchev–Trinajstić information content (AvgIpc) is 2.40. The van der Waals surface area contributed by atoms with Gasteiger partial charge in [-0.05, 0) is 43.9 Å². The first-order valence-electron chi connectivity index (χ1n) is 7.63. The lowest BCUT2D eigenvalue weighted by molar-refractivity contribution is 0.000803. The van der Waals surface area contributed by atoms with Gasteiger partial charge in [0, 0.05) is 0 Å². The Hall–Kier alpha value is -0.0800. The molecule has 0 bridgehead atoms. The van der Waals surface area contributed by atoms with Crippen molar-refractivity contribution in [3.05, 3.63) is 0 Å². The Kier molecular flexibility index (Phi) is 5.30. The Bertz CT molecular complexity index is 183. The molecule has 17 heavy (non-hydrogen) atoms. The zero-order valence-electron chi connectivity index (χ0n) is 11.0. The summed E-state index contributed by atoms with van der Waals surface area (Å²) in [5.74, 6) is 0.920. The van der Waals surface area contributed by atoms with Gasteiger partial charge < -0.3 is 10.2 Å². The van der Waals surface area contributed by atoms with Crippen molar-refractivity contribution in [1.29, 1.82) is 0 Å². The van der Waals surface area contributed by atoms with E-state index in [1.54, 1.807) is 0 Å². The third kappa shape index (κ3) is 3.96. The van der Waals surface area contributed by atoms with Gasteiger partial charge in [0.1, 0.15) is 0 Å². The van der Waals surface area contributed by atoms with Crippen LogP contribution in [0.5, 0.6) is 0 Å². The molecule has 0 saturated heterocycles. The Labute approximate surface area is 105 Å². The molecule has 2 N–H and O–H groups in total. The number of hydrogen-bond acceptors (Lipinski definition) is 2. The van der Waals surface area contributed by atoms with Gasteiger partial charge in [0.15, 0.2) is 0 Å². The van der Waals surface area contributed by atoms with E-state index in [9.17, 15) is 10.2 Å². The molecule has 0 heterocycles. The van der Waals surface area contributed by atoms with E-state index in [0.717, 1.165) is 0 Å². The van der Waals surface area contributed by atoms with E-state index < -0.39 is 0 Å². The molecular formula is C15H28O2. The van der Waals surface area contributed by atoms with Gasteiger partial charge in [-0.25, -0.2) is 0 Å². The zero-order chi connectivity index (χ0) is 12.1. The van der Waals surface area contributed by atoms with Crippen LogP contribution in [0.4, 0.5) is 0 Å². The molecule has 2 fully saturated rings. The summed E-state index contributed by atoms with van der Waals surface area (Å²) in [6.45, 7) is 0. The predicted octanol–water partition coefficient (Wildman–Crippen LogP) is 3.26. The van der Waals surface area contributed by atoms with Crippen molar-refractivity contribution in [3.8, 4) is 0 Å². The van der Waals surface area contributed by atoms with Crippen LogP contribution >= 0.6 is 0 Å². The Morgan fingerprint density at radius 3 is 1.35 bits per heavy atom. The van der Waals surface area contributed by atoms with Crippen LogP contribution in [0.25, 0.3) is 0 Å². The number of rotatable bonds is 4. The maximum atomic E-state index is 10.2. The molecule has 0 aliphatic heterocycles. The molecule has 2 nitrogen and oxygen atoms in total. The molecule has 0 unspecified atom stereocenters. The van der Waals surface area contributed by atoms with Crippen LogP contribution in [0, 0.1) is 11.8 Å². The van der Waals surface area contributed by atoms with Crippen molar-refractivity contribution < 1.29 is 10.2 Å². The molecule has 2 aliphatic rings. The van der Waals surface area contributed by atoms with Gasteiger partial charge in [-0.1, -0.05) is 38.5 Å². The molecule has 2 aliphatic carbocycles. The van der Waals surface area contributed by atoms with Gasteiger partial charge in [0.05, 0.1) is 12.2 Å². The highest BCUT2D eigenvalue weighted by molar-refractivity contribution is 4.80. The highest BCUT2D eigenvalue weighted by Gasteiger charge is 2.28. The molecule has 100 valence electrons. The summed E-state index contributed by atoms with van der Waals surface area (Å²) in [6, 6.07) is 0. The van der Waals surface area contributed by atoms with Gasteiger partial charge in [-0.15, -0.1) is 0 Å². The Morgan fingerprint density at radius 2 is 1.00 bits per heavy atom. The van der Waals surface area contributed by atoms with Crippen LogP contribution in [0.1, 0.15) is 70.6 Å². The summed E-state index contributed by atoms with van der Waals surface area (Å²) in [6.07, 6.45) is 12.5. The minimum Gasteiger partial charge on any atom is -0.393 e. The van der Waals surface area contributed by atoms with Gasteiger partial charge in [-0.3, -0.25) is 0 Å². The summed E-state index contributed by atoms with van der Waals surface area (Å²) >= 11 is 0. The van der Waals surface area contributed by atoms with Crippen LogP contribution in [0.15, 0.2) is 0 Å². The fraction of sp³-hybridized carbons (Fsp3) is 1.00. The van der Waals surface area contributed by atoms with E-state index in [1.165, 1.54) is 64.2 Å². The van der Waals surface area contributed by atoms with Crippen LogP contribution < -0.4 is 0 Å². The van der Waals surface area contributed by atoms with Gasteiger partial charge in [0.25, 0.3) is 0 Å². The second-order valence-corrected chi connectivity index (χ2v) is 6.17. The summed E-state index contributed by atoms with van der Waals surface area (Å²) in [5, 5.41) is 20.4. The van der Waals surface area contributed by atoms with E-state index in [4.69, 9.17) is 0 Å². The third-order valence-corrected chi connectivity index (χ3v) is 4.87. The molecule has 0 spiro atoms. The van der Waals surface area contributed by atoms with Crippen molar-refractivity contribution >= 4 is 0 Å². The summed E-state index contributed by atoms with van der Waals surface area (Å²) < 4.78 is 0. The number of aliphatic hydroxyl groups is 2. The van der Waals surface area contributed by atoms with Crippen molar-refractivity contribution in [2.45, 2.75) is 82.8 Å². The SMILES string of the molecule is O[C@H](C[C@H](O)C1CCCCC1)C1CCCCC1. The minimum atomic E-state index is -0.257. The topological polar surface area (TPSA) is 40.5 Å². The molecule has 0 aromatic carbocycles. The molecule has 2 saturated carbocycles. The van der Waals surface area contributed by atoms with E-state index in [2.05, 4.69) is 0 Å². The lowest BCUT2D eigenvalue weighted by Gasteiger charge is -2.32. The quantitative estimate of drug-likeness (QED) is 0.792. The standard InChI is InChI=1S/C15H28O2/c16-14(12-7-3-1-4-8-12)11-15(17)13-9-5-2-6-10-13/h12-17H,1-11H2/t14-,15+. The lowest BCUT2D eigenvalue weighted by atomic mass is 9.79. The summed E-state index contributed by atoms with van der Waals surface area (Å²) in [5.41, 5.74) is 0. The van der Waals surface area contributed by atoms with E-state index in [-0.39, 0.29) is 12.2 Å². The second kappa shape index (κ2) is 6.75.